The number of rotatable bonds is 3. The second-order valence-corrected chi connectivity index (χ2v) is 3.20. The average Bonchev–Trinajstić information content (AvgIpc) is 2.25. The predicted octanol–water partition coefficient (Wildman–Crippen LogP) is 2.05. The van der Waals surface area contributed by atoms with Crippen LogP contribution in [0.5, 0.6) is 0 Å². The van der Waals surface area contributed by atoms with Crippen molar-refractivity contribution in [2.45, 2.75) is 12.6 Å². The summed E-state index contributed by atoms with van der Waals surface area (Å²) >= 11 is 0. The van der Waals surface area contributed by atoms with Crippen molar-refractivity contribution in [1.82, 2.24) is 4.98 Å². The fraction of sp³-hybridized carbons (Fsp3) is 0.250. The van der Waals surface area contributed by atoms with Gasteiger partial charge in [-0.25, -0.2) is 13.8 Å². The Morgan fingerprint density at radius 2 is 1.95 bits per heavy atom. The van der Waals surface area contributed by atoms with Gasteiger partial charge in [0.25, 0.3) is 12.3 Å². The number of hydrogen-bond acceptors (Lipinski definition) is 4. The zero-order valence-corrected chi connectivity index (χ0v) is 8.74. The van der Waals surface area contributed by atoms with Gasteiger partial charge in [0.2, 0.25) is 0 Å². The van der Waals surface area contributed by atoms with Gasteiger partial charge in [0.1, 0.15) is 5.56 Å². The van der Waals surface area contributed by atoms with Crippen LogP contribution in [0.2, 0.25) is 0 Å². The number of amides is 1. The Labute approximate surface area is 101 Å². The molecule has 0 atom stereocenters. The predicted molar refractivity (Wildman–Crippen MR) is 49.4 cm³/mol. The molecule has 6 nitrogen and oxygen atoms in total. The third-order valence-corrected chi connectivity index (χ3v) is 2.02. The Bertz CT molecular complexity index is 543. The molecule has 0 aliphatic rings. The first-order valence-electron chi connectivity index (χ1n) is 4.39. The Balaban J connectivity index is 3.83. The normalized spacial score (nSPS) is 11.7. The molecule has 0 aliphatic heterocycles. The Hall–Kier alpha value is -2.33. The van der Waals surface area contributed by atoms with E-state index in [0.717, 1.165) is 0 Å². The van der Waals surface area contributed by atoms with Crippen molar-refractivity contribution in [1.29, 1.82) is 0 Å². The number of alkyl halides is 5. The molecule has 19 heavy (non-hydrogen) atoms. The number of hydrogen-bond donors (Lipinski definition) is 1. The lowest BCUT2D eigenvalue weighted by Gasteiger charge is -2.12. The quantitative estimate of drug-likeness (QED) is 0.521. The lowest BCUT2D eigenvalue weighted by atomic mass is 10.1. The third-order valence-electron chi connectivity index (χ3n) is 2.02. The van der Waals surface area contributed by atoms with E-state index in [1.807, 2.05) is 0 Å². The molecule has 104 valence electrons. The molecule has 0 spiro atoms. The summed E-state index contributed by atoms with van der Waals surface area (Å²) in [5, 5.41) is 10.5. The van der Waals surface area contributed by atoms with Crippen LogP contribution in [0.3, 0.4) is 0 Å². The molecule has 0 aliphatic carbocycles. The minimum atomic E-state index is -5.40. The summed E-state index contributed by atoms with van der Waals surface area (Å²) in [4.78, 5) is 22.5. The second kappa shape index (κ2) is 4.74. The van der Waals surface area contributed by atoms with E-state index in [2.05, 4.69) is 10.7 Å². The molecule has 0 aromatic carbocycles. The standard InChI is InChI=1S/C8H4F5N3O3/c9-6(10)4-5(16(18)19)3(8(11,12)13)2(1-15-4)7(14)17/h1,6H,(H2,14,17). The van der Waals surface area contributed by atoms with Crippen LogP contribution in [0, 0.1) is 10.1 Å². The van der Waals surface area contributed by atoms with Crippen molar-refractivity contribution in [2.75, 3.05) is 0 Å². The number of nitrogens with two attached hydrogens (primary N) is 1. The summed E-state index contributed by atoms with van der Waals surface area (Å²) < 4.78 is 62.9. The molecule has 0 fully saturated rings. The van der Waals surface area contributed by atoms with Gasteiger partial charge in [-0.15, -0.1) is 0 Å². The van der Waals surface area contributed by atoms with E-state index in [-0.39, 0.29) is 6.20 Å². The van der Waals surface area contributed by atoms with Crippen molar-refractivity contribution >= 4 is 11.6 Å². The Morgan fingerprint density at radius 1 is 1.42 bits per heavy atom. The lowest BCUT2D eigenvalue weighted by Crippen LogP contribution is -2.22. The summed E-state index contributed by atoms with van der Waals surface area (Å²) in [6.45, 7) is 0. The minimum absolute atomic E-state index is 0.139. The van der Waals surface area contributed by atoms with E-state index in [9.17, 15) is 36.9 Å². The maximum atomic E-state index is 12.7. The van der Waals surface area contributed by atoms with Crippen LogP contribution in [0.1, 0.15) is 28.0 Å². The Kier molecular flexibility index (Phi) is 3.68. The summed E-state index contributed by atoms with van der Waals surface area (Å²) in [6.07, 6.45) is -8.87. The van der Waals surface area contributed by atoms with Gasteiger partial charge in [0, 0.05) is 6.20 Å². The highest BCUT2D eigenvalue weighted by atomic mass is 19.4. The molecule has 0 unspecified atom stereocenters. The van der Waals surface area contributed by atoms with Crippen LogP contribution in [0.15, 0.2) is 6.20 Å². The highest BCUT2D eigenvalue weighted by Gasteiger charge is 2.45. The minimum Gasteiger partial charge on any atom is -0.366 e. The van der Waals surface area contributed by atoms with E-state index in [1.54, 1.807) is 0 Å². The maximum Gasteiger partial charge on any atom is 0.423 e. The van der Waals surface area contributed by atoms with Gasteiger partial charge in [-0.05, 0) is 0 Å². The number of carbonyl (C=O) groups excluding carboxylic acids is 1. The second-order valence-electron chi connectivity index (χ2n) is 3.20. The molecular weight excluding hydrogens is 281 g/mol. The largest absolute Gasteiger partial charge is 0.423 e. The summed E-state index contributed by atoms with van der Waals surface area (Å²) in [6, 6.07) is 0. The van der Waals surface area contributed by atoms with E-state index < -0.39 is 45.9 Å². The average molecular weight is 285 g/mol. The molecule has 0 saturated heterocycles. The fourth-order valence-corrected chi connectivity index (χ4v) is 1.33. The number of primary amides is 1. The van der Waals surface area contributed by atoms with E-state index in [0.29, 0.717) is 0 Å². The molecule has 0 bridgehead atoms. The molecule has 11 heteroatoms. The number of nitro groups is 1. The van der Waals surface area contributed by atoms with Crippen LogP contribution in [0.25, 0.3) is 0 Å². The molecule has 1 aromatic heterocycles. The van der Waals surface area contributed by atoms with E-state index in [4.69, 9.17) is 0 Å². The van der Waals surface area contributed by atoms with E-state index in [1.165, 1.54) is 0 Å². The van der Waals surface area contributed by atoms with Crippen LogP contribution in [0.4, 0.5) is 27.6 Å². The lowest BCUT2D eigenvalue weighted by molar-refractivity contribution is -0.389. The summed E-state index contributed by atoms with van der Waals surface area (Å²) in [5.41, 5.74) is -2.51. The number of halogens is 5. The van der Waals surface area contributed by atoms with Crippen molar-refractivity contribution in [3.05, 3.63) is 33.1 Å². The first kappa shape index (κ1) is 14.7. The number of nitrogens with zero attached hydrogens (tertiary/aromatic N) is 2. The van der Waals surface area contributed by atoms with Gasteiger partial charge in [-0.3, -0.25) is 14.9 Å². The first-order chi connectivity index (χ1) is 8.57. The van der Waals surface area contributed by atoms with Crippen LogP contribution >= 0.6 is 0 Å². The zero-order valence-electron chi connectivity index (χ0n) is 8.74. The molecule has 1 heterocycles. The molecule has 2 N–H and O–H groups in total. The van der Waals surface area contributed by atoms with Crippen LogP contribution in [-0.2, 0) is 6.18 Å². The van der Waals surface area contributed by atoms with Gasteiger partial charge in [0.15, 0.2) is 5.69 Å². The zero-order chi connectivity index (χ0) is 15.0. The van der Waals surface area contributed by atoms with Crippen molar-refractivity contribution in [3.63, 3.8) is 0 Å². The van der Waals surface area contributed by atoms with Crippen molar-refractivity contribution in [2.24, 2.45) is 5.73 Å². The maximum absolute atomic E-state index is 12.7. The smallest absolute Gasteiger partial charge is 0.366 e. The fourth-order valence-electron chi connectivity index (χ4n) is 1.33. The number of pyridine rings is 1. The summed E-state index contributed by atoms with van der Waals surface area (Å²) in [5.74, 6) is -1.66. The van der Waals surface area contributed by atoms with Gasteiger partial charge >= 0.3 is 11.9 Å². The van der Waals surface area contributed by atoms with Gasteiger partial charge in [0.05, 0.1) is 10.5 Å². The molecule has 1 amide bonds. The SMILES string of the molecule is NC(=O)c1cnc(C(F)F)c([N+](=O)[O-])c1C(F)(F)F. The third kappa shape index (κ3) is 2.74. The van der Waals surface area contributed by atoms with Gasteiger partial charge < -0.3 is 5.73 Å². The number of carbonyl (C=O) groups is 1. The van der Waals surface area contributed by atoms with Crippen molar-refractivity contribution in [3.8, 4) is 0 Å². The van der Waals surface area contributed by atoms with E-state index >= 15 is 0 Å². The highest BCUT2D eigenvalue weighted by Crippen LogP contribution is 2.41. The van der Waals surface area contributed by atoms with Crippen LogP contribution < -0.4 is 5.73 Å². The van der Waals surface area contributed by atoms with Gasteiger partial charge in [-0.2, -0.15) is 13.2 Å². The molecule has 1 rings (SSSR count). The monoisotopic (exact) mass is 285 g/mol. The molecule has 1 aromatic rings. The Morgan fingerprint density at radius 3 is 2.26 bits per heavy atom. The highest BCUT2D eigenvalue weighted by molar-refractivity contribution is 5.95. The van der Waals surface area contributed by atoms with Crippen molar-refractivity contribution < 1.29 is 31.7 Å². The molecule has 0 radical (unpaired) electrons. The topological polar surface area (TPSA) is 99.1 Å². The summed E-state index contributed by atoms with van der Waals surface area (Å²) in [7, 11) is 0. The van der Waals surface area contributed by atoms with Gasteiger partial charge in [-0.1, -0.05) is 0 Å². The molecular formula is C8H4F5N3O3. The number of aromatic nitrogens is 1. The first-order valence-corrected chi connectivity index (χ1v) is 4.39. The van der Waals surface area contributed by atoms with Crippen LogP contribution in [-0.4, -0.2) is 15.8 Å². The molecule has 0 saturated carbocycles.